The molecule has 0 N–H and O–H groups in total. The molecule has 0 saturated heterocycles. The van der Waals surface area contributed by atoms with Crippen molar-refractivity contribution in [1.29, 1.82) is 0 Å². The Balaban J connectivity index is 2.73. The van der Waals surface area contributed by atoms with Gasteiger partial charge in [0.25, 0.3) is 5.69 Å². The van der Waals surface area contributed by atoms with Crippen LogP contribution in [0.4, 0.5) is 10.1 Å². The van der Waals surface area contributed by atoms with Gasteiger partial charge in [0.15, 0.2) is 5.01 Å². The van der Waals surface area contributed by atoms with E-state index in [1.165, 1.54) is 0 Å². The normalized spacial score (nSPS) is 18.5. The van der Waals surface area contributed by atoms with E-state index in [2.05, 4.69) is 20.7 Å². The summed E-state index contributed by atoms with van der Waals surface area (Å²) in [7, 11) is 0. The van der Waals surface area contributed by atoms with E-state index in [-0.39, 0.29) is 11.1 Å². The van der Waals surface area contributed by atoms with Crippen molar-refractivity contribution in [1.82, 2.24) is 0 Å². The average molecular weight is 276 g/mol. The number of esters is 1. The van der Waals surface area contributed by atoms with Gasteiger partial charge in [0.05, 0.1) is 22.1 Å². The molecule has 0 radical (unpaired) electrons. The molecule has 7 heteroatoms. The summed E-state index contributed by atoms with van der Waals surface area (Å²) in [5, 5.41) is 9.73. The fraction of sp³-hybridized carbons (Fsp3) is 0.125. The minimum atomic E-state index is -0.888. The number of carbonyl (C=O) groups is 1. The zero-order chi connectivity index (χ0) is 11.2. The Morgan fingerprint density at radius 1 is 1.53 bits per heavy atom. The fourth-order valence-corrected chi connectivity index (χ4v) is 2.03. The highest BCUT2D eigenvalue weighted by molar-refractivity contribution is 9.09. The summed E-state index contributed by atoms with van der Waals surface area (Å²) in [5.74, 6) is -1.60. The molecular weight excluding hydrogens is 273 g/mol. The maximum absolute atomic E-state index is 13.0. The van der Waals surface area contributed by atoms with E-state index in [0.29, 0.717) is 0 Å². The minimum Gasteiger partial charge on any atom is -0.442 e. The molecule has 78 valence electrons. The van der Waals surface area contributed by atoms with Gasteiger partial charge in [0.2, 0.25) is 0 Å². The lowest BCUT2D eigenvalue weighted by molar-refractivity contribution is -0.385. The molecule has 2 rings (SSSR count). The highest BCUT2D eigenvalue weighted by atomic mass is 79.9. The van der Waals surface area contributed by atoms with Crippen molar-refractivity contribution in [3.63, 3.8) is 0 Å². The number of fused-ring (bicyclic) bond motifs is 1. The third-order valence-corrected chi connectivity index (χ3v) is 2.62. The topological polar surface area (TPSA) is 69.4 Å². The van der Waals surface area contributed by atoms with E-state index in [1.54, 1.807) is 0 Å². The molecule has 1 aromatic rings. The monoisotopic (exact) mass is 275 g/mol. The molecule has 0 aliphatic carbocycles. The van der Waals surface area contributed by atoms with Crippen LogP contribution in [0.25, 0.3) is 0 Å². The Hall–Kier alpha value is -1.50. The number of nitrogens with zero attached hydrogens (tertiary/aromatic N) is 1. The fourth-order valence-electron chi connectivity index (χ4n) is 1.38. The molecule has 0 bridgehead atoms. The van der Waals surface area contributed by atoms with Gasteiger partial charge in [-0.05, 0) is 22.0 Å². The Morgan fingerprint density at radius 2 is 2.20 bits per heavy atom. The van der Waals surface area contributed by atoms with Crippen LogP contribution in [0.3, 0.4) is 0 Å². The van der Waals surface area contributed by atoms with Crippen LogP contribution >= 0.6 is 15.9 Å². The first-order valence-corrected chi connectivity index (χ1v) is 4.75. The third-order valence-electron chi connectivity index (χ3n) is 1.98. The molecule has 0 saturated carbocycles. The van der Waals surface area contributed by atoms with Crippen molar-refractivity contribution in [2.24, 2.45) is 0 Å². The summed E-state index contributed by atoms with van der Waals surface area (Å²) in [5.41, 5.74) is -0.507. The van der Waals surface area contributed by atoms with E-state index < -0.39 is 27.4 Å². The lowest BCUT2D eigenvalue weighted by Crippen LogP contribution is -1.98. The molecule has 1 aliphatic rings. The summed E-state index contributed by atoms with van der Waals surface area (Å²) < 4.78 is 17.6. The number of benzene rings is 1. The number of hydrogen-bond acceptors (Lipinski definition) is 4. The number of halogens is 2. The van der Waals surface area contributed by atoms with E-state index in [0.717, 1.165) is 12.1 Å². The molecular formula is C8H3BrFNO4. The van der Waals surface area contributed by atoms with E-state index >= 15 is 0 Å². The molecule has 0 aromatic heterocycles. The highest BCUT2D eigenvalue weighted by Crippen LogP contribution is 2.41. The quantitative estimate of drug-likeness (QED) is 0.341. The van der Waals surface area contributed by atoms with Crippen molar-refractivity contribution < 1.29 is 18.8 Å². The number of carbonyl (C=O) groups excluding carboxylic acids is 1. The van der Waals surface area contributed by atoms with Gasteiger partial charge in [-0.2, -0.15) is 0 Å². The predicted molar refractivity (Wildman–Crippen MR) is 50.1 cm³/mol. The molecule has 1 unspecified atom stereocenters. The second-order valence-electron chi connectivity index (χ2n) is 2.86. The second-order valence-corrected chi connectivity index (χ2v) is 3.70. The van der Waals surface area contributed by atoms with Crippen molar-refractivity contribution in [3.8, 4) is 0 Å². The Bertz CT molecular complexity index is 476. The Labute approximate surface area is 91.1 Å². The number of alkyl halides is 1. The van der Waals surface area contributed by atoms with Gasteiger partial charge in [-0.25, -0.2) is 9.18 Å². The smallest absolute Gasteiger partial charge is 0.340 e. The van der Waals surface area contributed by atoms with Gasteiger partial charge in [0, 0.05) is 0 Å². The van der Waals surface area contributed by atoms with Crippen LogP contribution < -0.4 is 0 Å². The van der Waals surface area contributed by atoms with E-state index in [9.17, 15) is 19.3 Å². The van der Waals surface area contributed by atoms with Gasteiger partial charge in [-0.15, -0.1) is 0 Å². The molecule has 0 amide bonds. The average Bonchev–Trinajstić information content (AvgIpc) is 2.41. The van der Waals surface area contributed by atoms with Crippen LogP contribution in [0.15, 0.2) is 12.1 Å². The third kappa shape index (κ3) is 1.48. The predicted octanol–water partition coefficient (Wildman–Crippen LogP) is 2.30. The zero-order valence-corrected chi connectivity index (χ0v) is 8.65. The number of nitro benzene ring substituents is 1. The summed E-state index contributed by atoms with van der Waals surface area (Å²) in [6, 6.07) is 1.68. The zero-order valence-electron chi connectivity index (χ0n) is 7.07. The van der Waals surface area contributed by atoms with Gasteiger partial charge in [0.1, 0.15) is 5.82 Å². The molecule has 0 spiro atoms. The molecule has 1 aromatic carbocycles. The molecule has 15 heavy (non-hydrogen) atoms. The molecule has 1 heterocycles. The van der Waals surface area contributed by atoms with Crippen molar-refractivity contribution in [2.75, 3.05) is 0 Å². The standard InChI is InChI=1S/C8H3BrFNO4/c9-7-6-4(8(12)15-7)1-3(10)2-5(6)11(13)14/h1-2,7H. The Kier molecular flexibility index (Phi) is 2.18. The molecule has 1 atom stereocenters. The van der Waals surface area contributed by atoms with Crippen LogP contribution in [0.5, 0.6) is 0 Å². The van der Waals surface area contributed by atoms with Crippen LogP contribution in [0, 0.1) is 15.9 Å². The lowest BCUT2D eigenvalue weighted by Gasteiger charge is -2.01. The summed E-state index contributed by atoms with van der Waals surface area (Å²) in [4.78, 5) is 21.0. The summed E-state index contributed by atoms with van der Waals surface area (Å²) in [6.07, 6.45) is 0. The van der Waals surface area contributed by atoms with Crippen molar-refractivity contribution in [2.45, 2.75) is 5.01 Å². The summed E-state index contributed by atoms with van der Waals surface area (Å²) in [6.45, 7) is 0. The highest BCUT2D eigenvalue weighted by Gasteiger charge is 2.37. The maximum Gasteiger partial charge on any atom is 0.340 e. The van der Waals surface area contributed by atoms with Crippen LogP contribution in [-0.2, 0) is 4.74 Å². The SMILES string of the molecule is O=C1OC(Br)c2c1cc(F)cc2[N+](=O)[O-]. The first-order chi connectivity index (χ1) is 7.00. The molecule has 1 aliphatic heterocycles. The Morgan fingerprint density at radius 3 is 2.80 bits per heavy atom. The molecule has 5 nitrogen and oxygen atoms in total. The number of cyclic esters (lactones) is 1. The van der Waals surface area contributed by atoms with Gasteiger partial charge in [-0.1, -0.05) is 0 Å². The number of hydrogen-bond donors (Lipinski definition) is 0. The molecule has 0 fully saturated rings. The second kappa shape index (κ2) is 3.27. The number of rotatable bonds is 1. The van der Waals surface area contributed by atoms with Gasteiger partial charge < -0.3 is 4.74 Å². The number of nitro groups is 1. The van der Waals surface area contributed by atoms with Crippen molar-refractivity contribution >= 4 is 27.6 Å². The number of ether oxygens (including phenoxy) is 1. The van der Waals surface area contributed by atoms with E-state index in [1.807, 2.05) is 0 Å². The van der Waals surface area contributed by atoms with Gasteiger partial charge in [-0.3, -0.25) is 10.1 Å². The van der Waals surface area contributed by atoms with E-state index in [4.69, 9.17) is 0 Å². The van der Waals surface area contributed by atoms with Crippen LogP contribution in [0.2, 0.25) is 0 Å². The van der Waals surface area contributed by atoms with Gasteiger partial charge >= 0.3 is 5.97 Å². The first-order valence-electron chi connectivity index (χ1n) is 3.83. The lowest BCUT2D eigenvalue weighted by atomic mass is 10.1. The van der Waals surface area contributed by atoms with Crippen LogP contribution in [0.1, 0.15) is 20.9 Å². The maximum atomic E-state index is 13.0. The minimum absolute atomic E-state index is 0.0615. The van der Waals surface area contributed by atoms with Crippen LogP contribution in [-0.4, -0.2) is 10.9 Å². The summed E-state index contributed by atoms with van der Waals surface area (Å²) >= 11 is 2.95. The van der Waals surface area contributed by atoms with Crippen molar-refractivity contribution in [3.05, 3.63) is 39.2 Å². The first kappa shape index (κ1) is 10.0. The largest absolute Gasteiger partial charge is 0.442 e.